The normalized spacial score (nSPS) is 16.6. The average molecular weight is 367 g/mol. The Morgan fingerprint density at radius 3 is 2.21 bits per heavy atom. The maximum absolute atomic E-state index is 5.55. The molecule has 0 amide bonds. The number of methoxy groups -OCH3 is 3. The largest absolute Gasteiger partial charge is 0.493 e. The lowest BCUT2D eigenvalue weighted by molar-refractivity contribution is 0.323. The van der Waals surface area contributed by atoms with Gasteiger partial charge in [0.2, 0.25) is 5.75 Å². The highest BCUT2D eigenvalue weighted by atomic mass is 32.2. The molecular weight excluding hydrogens is 344 g/mol. The molecule has 0 unspecified atom stereocenters. The number of hydrogen-bond acceptors (Lipinski definition) is 6. The maximum atomic E-state index is 5.55. The molecule has 0 N–H and O–H groups in total. The molecule has 1 aliphatic rings. The molecule has 0 aliphatic carbocycles. The molecule has 1 aliphatic heterocycles. The van der Waals surface area contributed by atoms with Crippen LogP contribution in [-0.4, -0.2) is 32.8 Å². The first kappa shape index (κ1) is 17.4. The van der Waals surface area contributed by atoms with Gasteiger partial charge in [-0.2, -0.15) is 0 Å². The molecule has 0 bridgehead atoms. The number of furan rings is 1. The lowest BCUT2D eigenvalue weighted by Gasteiger charge is -2.37. The van der Waals surface area contributed by atoms with Crippen LogP contribution in [0.4, 0.5) is 0 Å². The van der Waals surface area contributed by atoms with Gasteiger partial charge < -0.3 is 18.6 Å². The fourth-order valence-corrected chi connectivity index (χ4v) is 6.27. The average Bonchev–Trinajstić information content (AvgIpc) is 3.13. The van der Waals surface area contributed by atoms with Gasteiger partial charge in [0, 0.05) is 6.42 Å². The number of hydrogen-bond donors (Lipinski definition) is 0. The SMILES string of the molecule is COc1cc(C2(Cc3ccoc3)SCCCS2)cc(OC)c1OC. The third-order valence-electron chi connectivity index (χ3n) is 4.08. The topological polar surface area (TPSA) is 40.8 Å². The van der Waals surface area contributed by atoms with Gasteiger partial charge in [-0.05, 0) is 47.3 Å². The van der Waals surface area contributed by atoms with Crippen molar-refractivity contribution in [2.75, 3.05) is 32.8 Å². The minimum absolute atomic E-state index is 0.0744. The zero-order valence-electron chi connectivity index (χ0n) is 14.2. The monoisotopic (exact) mass is 366 g/mol. The molecule has 0 atom stereocenters. The Morgan fingerprint density at radius 2 is 1.71 bits per heavy atom. The van der Waals surface area contributed by atoms with E-state index in [9.17, 15) is 0 Å². The van der Waals surface area contributed by atoms with Crippen molar-refractivity contribution >= 4 is 23.5 Å². The van der Waals surface area contributed by atoms with Crippen LogP contribution in [-0.2, 0) is 10.5 Å². The second kappa shape index (κ2) is 7.66. The molecule has 24 heavy (non-hydrogen) atoms. The summed E-state index contributed by atoms with van der Waals surface area (Å²) < 4.78 is 21.8. The molecule has 4 nitrogen and oxygen atoms in total. The van der Waals surface area contributed by atoms with E-state index in [2.05, 4.69) is 12.1 Å². The van der Waals surface area contributed by atoms with Crippen LogP contribution >= 0.6 is 23.5 Å². The highest BCUT2D eigenvalue weighted by molar-refractivity contribution is 8.18. The van der Waals surface area contributed by atoms with E-state index in [0.717, 1.165) is 17.9 Å². The van der Waals surface area contributed by atoms with Crippen molar-refractivity contribution in [3.63, 3.8) is 0 Å². The highest BCUT2D eigenvalue weighted by Crippen LogP contribution is 2.55. The summed E-state index contributed by atoms with van der Waals surface area (Å²) in [4.78, 5) is 0. The Kier molecular flexibility index (Phi) is 5.56. The molecule has 6 heteroatoms. The number of ether oxygens (including phenoxy) is 3. The minimum atomic E-state index is -0.0744. The van der Waals surface area contributed by atoms with E-state index in [4.69, 9.17) is 18.6 Å². The van der Waals surface area contributed by atoms with Gasteiger partial charge in [-0.25, -0.2) is 0 Å². The quantitative estimate of drug-likeness (QED) is 0.746. The Bertz CT molecular complexity index is 639. The molecule has 2 aromatic rings. The van der Waals surface area contributed by atoms with E-state index >= 15 is 0 Å². The third kappa shape index (κ3) is 3.35. The fraction of sp³-hybridized carbons (Fsp3) is 0.444. The Morgan fingerprint density at radius 1 is 1.04 bits per heavy atom. The van der Waals surface area contributed by atoms with E-state index in [1.165, 1.54) is 17.5 Å². The summed E-state index contributed by atoms with van der Waals surface area (Å²) in [5.41, 5.74) is 2.39. The van der Waals surface area contributed by atoms with E-state index in [-0.39, 0.29) is 4.08 Å². The zero-order chi connectivity index (χ0) is 17.0. The van der Waals surface area contributed by atoms with Crippen molar-refractivity contribution in [2.24, 2.45) is 0 Å². The van der Waals surface area contributed by atoms with Crippen LogP contribution in [0.3, 0.4) is 0 Å². The molecule has 1 saturated heterocycles. The summed E-state index contributed by atoms with van der Waals surface area (Å²) in [6.45, 7) is 0. The predicted molar refractivity (Wildman–Crippen MR) is 99.7 cm³/mol. The van der Waals surface area contributed by atoms with Crippen molar-refractivity contribution in [2.45, 2.75) is 16.9 Å². The van der Waals surface area contributed by atoms with Crippen LogP contribution in [0.1, 0.15) is 17.5 Å². The summed E-state index contributed by atoms with van der Waals surface area (Å²) in [6, 6.07) is 6.19. The predicted octanol–water partition coefficient (Wildman–Crippen LogP) is 4.57. The van der Waals surface area contributed by atoms with Crippen molar-refractivity contribution < 1.29 is 18.6 Å². The van der Waals surface area contributed by atoms with E-state index in [0.29, 0.717) is 17.2 Å². The number of benzene rings is 1. The van der Waals surface area contributed by atoms with Gasteiger partial charge in [-0.3, -0.25) is 0 Å². The van der Waals surface area contributed by atoms with E-state index in [1.54, 1.807) is 27.6 Å². The highest BCUT2D eigenvalue weighted by Gasteiger charge is 2.37. The molecule has 1 fully saturated rings. The summed E-state index contributed by atoms with van der Waals surface area (Å²) in [6.07, 6.45) is 5.69. The first-order valence-electron chi connectivity index (χ1n) is 7.82. The Balaban J connectivity index is 2.07. The van der Waals surface area contributed by atoms with Gasteiger partial charge in [0.15, 0.2) is 11.5 Å². The lowest BCUT2D eigenvalue weighted by Crippen LogP contribution is -2.25. The molecule has 1 aromatic carbocycles. The Labute approximate surface area is 151 Å². The first-order chi connectivity index (χ1) is 11.7. The third-order valence-corrected chi connectivity index (χ3v) is 7.47. The molecule has 130 valence electrons. The van der Waals surface area contributed by atoms with E-state index < -0.39 is 0 Å². The first-order valence-corrected chi connectivity index (χ1v) is 9.79. The van der Waals surface area contributed by atoms with Crippen molar-refractivity contribution in [1.29, 1.82) is 0 Å². The summed E-state index contributed by atoms with van der Waals surface area (Å²) in [7, 11) is 4.95. The molecule has 0 saturated carbocycles. The van der Waals surface area contributed by atoms with Crippen molar-refractivity contribution in [3.8, 4) is 17.2 Å². The molecule has 0 spiro atoms. The van der Waals surface area contributed by atoms with Gasteiger partial charge in [0.25, 0.3) is 0 Å². The standard InChI is InChI=1S/C18H22O4S2/c1-19-15-9-14(10-16(20-2)17(15)21-3)18(23-7-4-8-24-18)11-13-5-6-22-12-13/h5-6,9-10,12H,4,7-8,11H2,1-3H3. The van der Waals surface area contributed by atoms with Crippen LogP contribution in [0.25, 0.3) is 0 Å². The lowest BCUT2D eigenvalue weighted by atomic mass is 10.0. The van der Waals surface area contributed by atoms with Gasteiger partial charge in [-0.15, -0.1) is 23.5 Å². The molecule has 0 radical (unpaired) electrons. The van der Waals surface area contributed by atoms with Crippen LogP contribution in [0.2, 0.25) is 0 Å². The van der Waals surface area contributed by atoms with Crippen LogP contribution in [0, 0.1) is 0 Å². The summed E-state index contributed by atoms with van der Waals surface area (Å²) in [5, 5.41) is 0. The number of rotatable bonds is 6. The fourth-order valence-electron chi connectivity index (χ4n) is 2.91. The number of thioether (sulfide) groups is 2. The van der Waals surface area contributed by atoms with Gasteiger partial charge in [0.1, 0.15) is 0 Å². The van der Waals surface area contributed by atoms with Gasteiger partial charge in [-0.1, -0.05) is 0 Å². The maximum Gasteiger partial charge on any atom is 0.203 e. The van der Waals surface area contributed by atoms with E-state index in [1.807, 2.05) is 35.9 Å². The summed E-state index contributed by atoms with van der Waals surface area (Å²) >= 11 is 3.97. The minimum Gasteiger partial charge on any atom is -0.493 e. The van der Waals surface area contributed by atoms with Crippen LogP contribution in [0.5, 0.6) is 17.2 Å². The van der Waals surface area contributed by atoms with Crippen LogP contribution < -0.4 is 14.2 Å². The molecule has 1 aromatic heterocycles. The zero-order valence-corrected chi connectivity index (χ0v) is 15.8. The second-order valence-corrected chi connectivity index (χ2v) is 8.57. The van der Waals surface area contributed by atoms with Gasteiger partial charge >= 0.3 is 0 Å². The van der Waals surface area contributed by atoms with Crippen LogP contribution in [0.15, 0.2) is 35.1 Å². The Hall–Kier alpha value is -1.40. The molecule has 2 heterocycles. The van der Waals surface area contributed by atoms with Gasteiger partial charge in [0.05, 0.1) is 37.9 Å². The smallest absolute Gasteiger partial charge is 0.203 e. The second-order valence-electron chi connectivity index (χ2n) is 5.53. The van der Waals surface area contributed by atoms with Crippen molar-refractivity contribution in [3.05, 3.63) is 41.9 Å². The summed E-state index contributed by atoms with van der Waals surface area (Å²) in [5.74, 6) is 4.31. The molecule has 3 rings (SSSR count). The molecular formula is C18H22O4S2. The van der Waals surface area contributed by atoms with Crippen molar-refractivity contribution in [1.82, 2.24) is 0 Å².